The third kappa shape index (κ3) is 6.15. The zero-order chi connectivity index (χ0) is 27.2. The van der Waals surface area contributed by atoms with E-state index in [1.54, 1.807) is 55.2 Å². The number of rotatable bonds is 9. The Balaban J connectivity index is 1.62. The largest absolute Gasteiger partial charge is 0.497 e. The lowest BCUT2D eigenvalue weighted by Crippen LogP contribution is -2.42. The summed E-state index contributed by atoms with van der Waals surface area (Å²) in [6.45, 7) is 3.57. The Hall–Kier alpha value is -4.30. The summed E-state index contributed by atoms with van der Waals surface area (Å²) in [5, 5.41) is 3.51. The van der Waals surface area contributed by atoms with Gasteiger partial charge in [0.05, 0.1) is 19.9 Å². The monoisotopic (exact) mass is 532 g/mol. The number of hydrogen-bond donors (Lipinski definition) is 1. The number of imidazole rings is 1. The normalized spacial score (nSPS) is 10.8. The highest BCUT2D eigenvalue weighted by molar-refractivity contribution is 6.30. The van der Waals surface area contributed by atoms with Crippen LogP contribution >= 0.6 is 11.6 Å². The standard InChI is InChI=1S/C29H29ClN4O4/c1-19(2)33(28(36)21-6-5-7-25(16-21)38-4)18-27(35)32-29-31-26(20-8-10-22(30)11-9-20)17-34(29)23-12-14-24(37-3)15-13-23/h5-17,19H,18H2,1-4H3,(H,31,32,35). The van der Waals surface area contributed by atoms with Gasteiger partial charge < -0.3 is 14.4 Å². The Morgan fingerprint density at radius 3 is 2.29 bits per heavy atom. The third-order valence-corrected chi connectivity index (χ3v) is 6.21. The molecule has 0 aliphatic carbocycles. The average molecular weight is 533 g/mol. The van der Waals surface area contributed by atoms with Crippen LogP contribution < -0.4 is 14.8 Å². The van der Waals surface area contributed by atoms with Gasteiger partial charge >= 0.3 is 0 Å². The molecule has 3 aromatic carbocycles. The van der Waals surface area contributed by atoms with E-state index < -0.39 is 0 Å². The molecule has 0 bridgehead atoms. The van der Waals surface area contributed by atoms with Crippen molar-refractivity contribution in [1.82, 2.24) is 14.5 Å². The molecule has 0 unspecified atom stereocenters. The number of carbonyl (C=O) groups is 2. The predicted molar refractivity (Wildman–Crippen MR) is 148 cm³/mol. The lowest BCUT2D eigenvalue weighted by molar-refractivity contribution is -0.117. The molecular weight excluding hydrogens is 504 g/mol. The number of carbonyl (C=O) groups excluding carboxylic acids is 2. The smallest absolute Gasteiger partial charge is 0.254 e. The van der Waals surface area contributed by atoms with Crippen molar-refractivity contribution in [2.24, 2.45) is 0 Å². The summed E-state index contributed by atoms with van der Waals surface area (Å²) in [7, 11) is 3.14. The summed E-state index contributed by atoms with van der Waals surface area (Å²) in [6.07, 6.45) is 1.84. The Morgan fingerprint density at radius 1 is 0.974 bits per heavy atom. The molecule has 1 heterocycles. The quantitative estimate of drug-likeness (QED) is 0.299. The van der Waals surface area contributed by atoms with Crippen LogP contribution in [0.4, 0.5) is 5.95 Å². The zero-order valence-electron chi connectivity index (χ0n) is 21.6. The van der Waals surface area contributed by atoms with Crippen molar-refractivity contribution >= 4 is 29.4 Å². The van der Waals surface area contributed by atoms with Crippen LogP contribution in [0.1, 0.15) is 24.2 Å². The van der Waals surface area contributed by atoms with Gasteiger partial charge in [0.15, 0.2) is 0 Å². The molecule has 0 saturated carbocycles. The molecule has 9 heteroatoms. The Morgan fingerprint density at radius 2 is 1.66 bits per heavy atom. The zero-order valence-corrected chi connectivity index (χ0v) is 22.4. The lowest BCUT2D eigenvalue weighted by Gasteiger charge is -2.26. The number of anilines is 1. The Labute approximate surface area is 226 Å². The van der Waals surface area contributed by atoms with Crippen LogP contribution in [-0.4, -0.2) is 53.1 Å². The minimum atomic E-state index is -0.377. The molecule has 0 saturated heterocycles. The van der Waals surface area contributed by atoms with Crippen molar-refractivity contribution in [3.05, 3.63) is 89.6 Å². The van der Waals surface area contributed by atoms with E-state index >= 15 is 0 Å². The number of ether oxygens (including phenoxy) is 2. The van der Waals surface area contributed by atoms with Gasteiger partial charge in [-0.05, 0) is 68.4 Å². The van der Waals surface area contributed by atoms with Crippen molar-refractivity contribution in [1.29, 1.82) is 0 Å². The molecule has 4 rings (SSSR count). The maximum Gasteiger partial charge on any atom is 0.254 e. The SMILES string of the molecule is COc1ccc(-n2cc(-c3ccc(Cl)cc3)nc2NC(=O)CN(C(=O)c2cccc(OC)c2)C(C)C)cc1. The first-order valence-corrected chi connectivity index (χ1v) is 12.4. The van der Waals surface area contributed by atoms with E-state index in [0.717, 1.165) is 11.3 Å². The fourth-order valence-electron chi connectivity index (χ4n) is 3.90. The van der Waals surface area contributed by atoms with Gasteiger partial charge in [-0.15, -0.1) is 0 Å². The summed E-state index contributed by atoms with van der Waals surface area (Å²) in [6, 6.07) is 21.3. The van der Waals surface area contributed by atoms with Crippen LogP contribution in [0.5, 0.6) is 11.5 Å². The fraction of sp³-hybridized carbons (Fsp3) is 0.207. The first-order valence-electron chi connectivity index (χ1n) is 12.0. The maximum atomic E-state index is 13.3. The van der Waals surface area contributed by atoms with E-state index in [1.807, 2.05) is 56.4 Å². The number of amides is 2. The van der Waals surface area contributed by atoms with Gasteiger partial charge in [0.25, 0.3) is 5.91 Å². The molecule has 2 amide bonds. The molecular formula is C29H29ClN4O4. The second-order valence-corrected chi connectivity index (χ2v) is 9.27. The number of benzene rings is 3. The van der Waals surface area contributed by atoms with Gasteiger partial charge in [-0.2, -0.15) is 0 Å². The predicted octanol–water partition coefficient (Wildman–Crippen LogP) is 5.70. The summed E-state index contributed by atoms with van der Waals surface area (Å²) >= 11 is 6.06. The first kappa shape index (κ1) is 26.8. The summed E-state index contributed by atoms with van der Waals surface area (Å²) in [5.74, 6) is 0.955. The van der Waals surface area contributed by atoms with Crippen LogP contribution in [0, 0.1) is 0 Å². The first-order chi connectivity index (χ1) is 18.3. The molecule has 196 valence electrons. The van der Waals surface area contributed by atoms with E-state index in [9.17, 15) is 9.59 Å². The van der Waals surface area contributed by atoms with Crippen molar-refractivity contribution in [3.63, 3.8) is 0 Å². The van der Waals surface area contributed by atoms with E-state index in [1.165, 1.54) is 4.90 Å². The van der Waals surface area contributed by atoms with Gasteiger partial charge in [-0.1, -0.05) is 29.8 Å². The molecule has 0 spiro atoms. The molecule has 38 heavy (non-hydrogen) atoms. The van der Waals surface area contributed by atoms with Crippen molar-refractivity contribution < 1.29 is 19.1 Å². The molecule has 0 fully saturated rings. The molecule has 0 aliphatic rings. The molecule has 1 aromatic heterocycles. The lowest BCUT2D eigenvalue weighted by atomic mass is 10.1. The number of halogens is 1. The van der Waals surface area contributed by atoms with Crippen molar-refractivity contribution in [2.45, 2.75) is 19.9 Å². The summed E-state index contributed by atoms with van der Waals surface area (Å²) in [4.78, 5) is 32.7. The van der Waals surface area contributed by atoms with Gasteiger partial charge in [0, 0.05) is 34.1 Å². The maximum absolute atomic E-state index is 13.3. The summed E-state index contributed by atoms with van der Waals surface area (Å²) in [5.41, 5.74) is 2.72. The van der Waals surface area contributed by atoms with Crippen LogP contribution in [0.2, 0.25) is 5.02 Å². The molecule has 0 atom stereocenters. The van der Waals surface area contributed by atoms with Crippen LogP contribution in [0.15, 0.2) is 79.0 Å². The topological polar surface area (TPSA) is 85.7 Å². The highest BCUT2D eigenvalue weighted by Gasteiger charge is 2.23. The van der Waals surface area contributed by atoms with E-state index in [-0.39, 0.29) is 24.4 Å². The molecule has 8 nitrogen and oxygen atoms in total. The second-order valence-electron chi connectivity index (χ2n) is 8.83. The highest BCUT2D eigenvalue weighted by atomic mass is 35.5. The number of methoxy groups -OCH3 is 2. The Kier molecular flexibility index (Phi) is 8.33. The molecule has 0 radical (unpaired) electrons. The van der Waals surface area contributed by atoms with Crippen LogP contribution in [-0.2, 0) is 4.79 Å². The second kappa shape index (κ2) is 11.8. The number of nitrogens with one attached hydrogen (secondary N) is 1. The molecule has 4 aromatic rings. The van der Waals surface area contributed by atoms with Crippen LogP contribution in [0.25, 0.3) is 16.9 Å². The summed E-state index contributed by atoms with van der Waals surface area (Å²) < 4.78 is 12.3. The van der Waals surface area contributed by atoms with E-state index in [2.05, 4.69) is 10.3 Å². The third-order valence-electron chi connectivity index (χ3n) is 5.96. The van der Waals surface area contributed by atoms with Gasteiger partial charge in [-0.3, -0.25) is 19.5 Å². The number of aromatic nitrogens is 2. The number of hydrogen-bond acceptors (Lipinski definition) is 5. The fourth-order valence-corrected chi connectivity index (χ4v) is 4.02. The number of nitrogens with zero attached hydrogens (tertiary/aromatic N) is 3. The van der Waals surface area contributed by atoms with Crippen LogP contribution in [0.3, 0.4) is 0 Å². The van der Waals surface area contributed by atoms with E-state index in [4.69, 9.17) is 21.1 Å². The van der Waals surface area contributed by atoms with Crippen molar-refractivity contribution in [2.75, 3.05) is 26.1 Å². The molecule has 0 aliphatic heterocycles. The highest BCUT2D eigenvalue weighted by Crippen LogP contribution is 2.26. The Bertz CT molecular complexity index is 1420. The minimum absolute atomic E-state index is 0.153. The average Bonchev–Trinajstić information content (AvgIpc) is 3.35. The van der Waals surface area contributed by atoms with Crippen molar-refractivity contribution in [3.8, 4) is 28.4 Å². The van der Waals surface area contributed by atoms with Gasteiger partial charge in [-0.25, -0.2) is 4.98 Å². The van der Waals surface area contributed by atoms with Gasteiger partial charge in [0.2, 0.25) is 11.9 Å². The van der Waals surface area contributed by atoms with E-state index in [0.29, 0.717) is 33.7 Å². The minimum Gasteiger partial charge on any atom is -0.497 e. The molecule has 1 N–H and O–H groups in total. The van der Waals surface area contributed by atoms with Gasteiger partial charge in [0.1, 0.15) is 18.0 Å².